The van der Waals surface area contributed by atoms with Crippen molar-refractivity contribution in [2.75, 3.05) is 5.33 Å². The Labute approximate surface area is 129 Å². The summed E-state index contributed by atoms with van der Waals surface area (Å²) >= 11 is 8.93. The van der Waals surface area contributed by atoms with E-state index in [9.17, 15) is 0 Å². The summed E-state index contributed by atoms with van der Waals surface area (Å²) in [4.78, 5) is 5.72. The number of thiazole rings is 1. The molecule has 96 valence electrons. The van der Waals surface area contributed by atoms with Gasteiger partial charge in [-0.1, -0.05) is 44.0 Å². The van der Waals surface area contributed by atoms with Gasteiger partial charge in [0.25, 0.3) is 0 Å². The Kier molecular flexibility index (Phi) is 5.39. The average molecular weight is 389 g/mol. The van der Waals surface area contributed by atoms with Crippen LogP contribution in [0, 0.1) is 6.92 Å². The van der Waals surface area contributed by atoms with E-state index in [1.54, 1.807) is 11.3 Å². The molecule has 1 nitrogen and oxygen atoms in total. The Morgan fingerprint density at radius 1 is 1.39 bits per heavy atom. The quantitative estimate of drug-likeness (QED) is 0.631. The van der Waals surface area contributed by atoms with Crippen LogP contribution in [0.5, 0.6) is 0 Å². The van der Waals surface area contributed by atoms with E-state index in [-0.39, 0.29) is 0 Å². The molecule has 0 aliphatic rings. The number of nitrogens with zero attached hydrogens (tertiary/aromatic N) is 1. The first kappa shape index (κ1) is 14.2. The third-order valence-corrected chi connectivity index (χ3v) is 5.34. The molecule has 1 aromatic heterocycles. The zero-order valence-electron chi connectivity index (χ0n) is 10.2. The summed E-state index contributed by atoms with van der Waals surface area (Å²) in [7, 11) is 0. The van der Waals surface area contributed by atoms with Gasteiger partial charge in [-0.15, -0.1) is 11.3 Å². The number of halogens is 2. The lowest BCUT2D eigenvalue weighted by Crippen LogP contribution is -2.02. The summed E-state index contributed by atoms with van der Waals surface area (Å²) in [5.41, 5.74) is 4.51. The molecule has 0 bridgehead atoms. The Bertz CT molecular complexity index is 510. The van der Waals surface area contributed by atoms with Crippen LogP contribution in [0.1, 0.15) is 28.5 Å². The minimum atomic E-state index is 0.559. The third-order valence-electron chi connectivity index (χ3n) is 3.07. The monoisotopic (exact) mass is 387 g/mol. The van der Waals surface area contributed by atoms with E-state index in [0.29, 0.717) is 5.92 Å². The number of rotatable bonds is 5. The molecule has 1 atom stereocenters. The fourth-order valence-electron chi connectivity index (χ4n) is 1.96. The minimum absolute atomic E-state index is 0.559. The largest absolute Gasteiger partial charge is 0.250 e. The predicted octanol–water partition coefficient (Wildman–Crippen LogP) is 5.33. The fourth-order valence-corrected chi connectivity index (χ4v) is 3.88. The molecule has 2 aromatic rings. The summed E-state index contributed by atoms with van der Waals surface area (Å²) < 4.78 is 1.15. The lowest BCUT2D eigenvalue weighted by atomic mass is 9.96. The van der Waals surface area contributed by atoms with Crippen molar-refractivity contribution >= 4 is 43.2 Å². The van der Waals surface area contributed by atoms with Gasteiger partial charge in [0.15, 0.2) is 0 Å². The Balaban J connectivity index is 2.04. The molecule has 4 heteroatoms. The van der Waals surface area contributed by atoms with E-state index in [1.807, 2.05) is 5.51 Å². The number of benzene rings is 1. The highest BCUT2D eigenvalue weighted by atomic mass is 79.9. The van der Waals surface area contributed by atoms with Crippen molar-refractivity contribution in [1.29, 1.82) is 0 Å². The van der Waals surface area contributed by atoms with Gasteiger partial charge in [-0.3, -0.25) is 0 Å². The second-order valence-electron chi connectivity index (χ2n) is 4.31. The molecular formula is C14H15Br2NS. The first-order valence-corrected chi connectivity index (χ1v) is 8.70. The molecule has 1 unspecified atom stereocenters. The number of aromatic nitrogens is 1. The lowest BCUT2D eigenvalue weighted by molar-refractivity contribution is 0.694. The van der Waals surface area contributed by atoms with Gasteiger partial charge < -0.3 is 0 Å². The molecule has 0 N–H and O–H groups in total. The molecule has 2 rings (SSSR count). The van der Waals surface area contributed by atoms with Gasteiger partial charge in [0.2, 0.25) is 0 Å². The number of hydrogen-bond acceptors (Lipinski definition) is 2. The van der Waals surface area contributed by atoms with Crippen LogP contribution < -0.4 is 0 Å². The summed E-state index contributed by atoms with van der Waals surface area (Å²) in [6.07, 6.45) is 2.27. The highest BCUT2D eigenvalue weighted by Gasteiger charge is 2.12. The normalized spacial score (nSPS) is 12.6. The topological polar surface area (TPSA) is 12.9 Å². The van der Waals surface area contributed by atoms with E-state index in [2.05, 4.69) is 68.0 Å². The summed E-state index contributed by atoms with van der Waals surface area (Å²) in [6.45, 7) is 2.09. The zero-order valence-corrected chi connectivity index (χ0v) is 14.2. The molecule has 0 amide bonds. The van der Waals surface area contributed by atoms with Crippen molar-refractivity contribution in [2.45, 2.75) is 25.7 Å². The standard InChI is InChI=1S/C14H15Br2NS/c1-10-14(18-9-17-10)6-5-12(8-15)11-3-2-4-13(16)7-11/h2-4,7,9,12H,5-6,8H2,1H3. The van der Waals surface area contributed by atoms with Gasteiger partial charge in [0.05, 0.1) is 11.2 Å². The molecule has 1 aromatic carbocycles. The summed E-state index contributed by atoms with van der Waals surface area (Å²) in [6, 6.07) is 8.59. The first-order chi connectivity index (χ1) is 8.70. The van der Waals surface area contributed by atoms with Crippen molar-refractivity contribution in [1.82, 2.24) is 4.98 Å². The third kappa shape index (κ3) is 3.65. The van der Waals surface area contributed by atoms with Crippen molar-refractivity contribution < 1.29 is 0 Å². The van der Waals surface area contributed by atoms with E-state index in [1.165, 1.54) is 16.1 Å². The summed E-state index contributed by atoms with van der Waals surface area (Å²) in [5.74, 6) is 0.559. The molecule has 0 aliphatic heterocycles. The maximum Gasteiger partial charge on any atom is 0.0797 e. The molecule has 1 heterocycles. The summed E-state index contributed by atoms with van der Waals surface area (Å²) in [5, 5.41) is 1.00. The van der Waals surface area contributed by atoms with Gasteiger partial charge in [-0.25, -0.2) is 4.98 Å². The molecular weight excluding hydrogens is 374 g/mol. The van der Waals surface area contributed by atoms with Gasteiger partial charge in [-0.2, -0.15) is 0 Å². The van der Waals surface area contributed by atoms with E-state index in [0.717, 1.165) is 22.6 Å². The molecule has 0 aliphatic carbocycles. The van der Waals surface area contributed by atoms with Crippen LogP contribution in [0.4, 0.5) is 0 Å². The van der Waals surface area contributed by atoms with Crippen LogP contribution in [0.25, 0.3) is 0 Å². The highest BCUT2D eigenvalue weighted by Crippen LogP contribution is 2.27. The van der Waals surface area contributed by atoms with Crippen LogP contribution in [-0.4, -0.2) is 10.3 Å². The maximum absolute atomic E-state index is 4.31. The number of alkyl halides is 1. The number of aryl methyl sites for hydroxylation is 2. The van der Waals surface area contributed by atoms with Crippen molar-refractivity contribution in [2.24, 2.45) is 0 Å². The average Bonchev–Trinajstić information content (AvgIpc) is 2.76. The molecule has 0 saturated heterocycles. The van der Waals surface area contributed by atoms with Gasteiger partial charge >= 0.3 is 0 Å². The molecule has 0 spiro atoms. The van der Waals surface area contributed by atoms with Crippen molar-refractivity contribution in [3.8, 4) is 0 Å². The second kappa shape index (κ2) is 6.83. The van der Waals surface area contributed by atoms with Crippen LogP contribution in [0.2, 0.25) is 0 Å². The minimum Gasteiger partial charge on any atom is -0.250 e. The Hall–Kier alpha value is -0.190. The van der Waals surface area contributed by atoms with E-state index < -0.39 is 0 Å². The van der Waals surface area contributed by atoms with Gasteiger partial charge in [0, 0.05) is 14.7 Å². The van der Waals surface area contributed by atoms with Crippen molar-refractivity contribution in [3.05, 3.63) is 50.4 Å². The maximum atomic E-state index is 4.31. The van der Waals surface area contributed by atoms with Crippen LogP contribution in [-0.2, 0) is 6.42 Å². The van der Waals surface area contributed by atoms with Crippen LogP contribution in [0.15, 0.2) is 34.2 Å². The van der Waals surface area contributed by atoms with Gasteiger partial charge in [-0.05, 0) is 43.4 Å². The second-order valence-corrected chi connectivity index (χ2v) is 6.81. The van der Waals surface area contributed by atoms with Gasteiger partial charge in [0.1, 0.15) is 0 Å². The number of hydrogen-bond donors (Lipinski definition) is 0. The fraction of sp³-hybridized carbons (Fsp3) is 0.357. The molecule has 0 fully saturated rings. The van der Waals surface area contributed by atoms with Crippen LogP contribution >= 0.6 is 43.2 Å². The smallest absolute Gasteiger partial charge is 0.0797 e. The van der Waals surface area contributed by atoms with E-state index >= 15 is 0 Å². The lowest BCUT2D eigenvalue weighted by Gasteiger charge is -2.14. The van der Waals surface area contributed by atoms with Crippen LogP contribution in [0.3, 0.4) is 0 Å². The first-order valence-electron chi connectivity index (χ1n) is 5.91. The van der Waals surface area contributed by atoms with Crippen molar-refractivity contribution in [3.63, 3.8) is 0 Å². The SMILES string of the molecule is Cc1ncsc1CCC(CBr)c1cccc(Br)c1. The predicted molar refractivity (Wildman–Crippen MR) is 85.8 cm³/mol. The Morgan fingerprint density at radius 3 is 2.83 bits per heavy atom. The molecule has 0 radical (unpaired) electrons. The molecule has 18 heavy (non-hydrogen) atoms. The van der Waals surface area contributed by atoms with E-state index in [4.69, 9.17) is 0 Å². The highest BCUT2D eigenvalue weighted by molar-refractivity contribution is 9.10. The zero-order chi connectivity index (χ0) is 13.0. The molecule has 0 saturated carbocycles. The Morgan fingerprint density at radius 2 is 2.22 bits per heavy atom.